The molecule has 0 saturated carbocycles. The number of allylic oxidation sites excluding steroid dienone is 5. The van der Waals surface area contributed by atoms with Gasteiger partial charge in [-0.2, -0.15) is 0 Å². The van der Waals surface area contributed by atoms with E-state index >= 15 is 0 Å². The number of carboxylic acid groups (broad SMARTS) is 1. The molecule has 0 amide bonds. The summed E-state index contributed by atoms with van der Waals surface area (Å²) < 4.78 is 1.94. The fraction of sp³-hybridized carbons (Fsp3) is 0.364. The van der Waals surface area contributed by atoms with Crippen LogP contribution in [0, 0.1) is 5.92 Å². The molecule has 0 heterocycles. The first-order valence-electron chi connectivity index (χ1n) is 4.40. The number of carboxylic acids is 1. The SMILES string of the molecule is CC(=C/C=C/[C@H](C)CC(=O)O)/C=C/I. The standard InChI is InChI=1S/C11H15IO2/c1-9(6-7-12)4-3-5-10(2)8-11(13)14/h3-7,10H,8H2,1-2H3,(H,13,14)/b5-3+,7-6+,9-4-/t10-/m0/s1. The molecule has 0 aromatic rings. The van der Waals surface area contributed by atoms with E-state index in [1.54, 1.807) is 0 Å². The van der Waals surface area contributed by atoms with Gasteiger partial charge in [0.05, 0.1) is 6.42 Å². The Morgan fingerprint density at radius 1 is 1.57 bits per heavy atom. The summed E-state index contributed by atoms with van der Waals surface area (Å²) in [6.45, 7) is 3.89. The van der Waals surface area contributed by atoms with Crippen LogP contribution in [0.15, 0.2) is 34.0 Å². The van der Waals surface area contributed by atoms with E-state index < -0.39 is 5.97 Å². The maximum atomic E-state index is 10.3. The fourth-order valence-corrected chi connectivity index (χ4v) is 1.46. The maximum Gasteiger partial charge on any atom is 0.303 e. The number of aliphatic carboxylic acids is 1. The van der Waals surface area contributed by atoms with Gasteiger partial charge < -0.3 is 5.11 Å². The maximum absolute atomic E-state index is 10.3. The Labute approximate surface area is 98.5 Å². The Morgan fingerprint density at radius 2 is 2.21 bits per heavy atom. The van der Waals surface area contributed by atoms with E-state index in [0.717, 1.165) is 5.57 Å². The minimum absolute atomic E-state index is 0.0835. The van der Waals surface area contributed by atoms with E-state index in [0.29, 0.717) is 0 Å². The summed E-state index contributed by atoms with van der Waals surface area (Å²) in [5.41, 5.74) is 1.15. The lowest BCUT2D eigenvalue weighted by Crippen LogP contribution is -2.00. The number of hydrogen-bond donors (Lipinski definition) is 1. The molecule has 14 heavy (non-hydrogen) atoms. The zero-order chi connectivity index (χ0) is 11.0. The summed E-state index contributed by atoms with van der Waals surface area (Å²) in [6, 6.07) is 0. The Balaban J connectivity index is 4.04. The molecular formula is C11H15IO2. The summed E-state index contributed by atoms with van der Waals surface area (Å²) in [5.74, 6) is -0.671. The lowest BCUT2D eigenvalue weighted by atomic mass is 10.1. The Bertz CT molecular complexity index is 264. The van der Waals surface area contributed by atoms with Crippen molar-refractivity contribution in [2.45, 2.75) is 20.3 Å². The summed E-state index contributed by atoms with van der Waals surface area (Å²) in [6.07, 6.45) is 7.95. The first-order chi connectivity index (χ1) is 6.56. The normalized spacial score (nSPS) is 15.2. The third-order valence-corrected chi connectivity index (χ3v) is 1.98. The van der Waals surface area contributed by atoms with Crippen molar-refractivity contribution in [3.8, 4) is 0 Å². The molecule has 0 aromatic carbocycles. The third kappa shape index (κ3) is 8.04. The van der Waals surface area contributed by atoms with Gasteiger partial charge in [0.1, 0.15) is 0 Å². The fourth-order valence-electron chi connectivity index (χ4n) is 0.895. The monoisotopic (exact) mass is 306 g/mol. The van der Waals surface area contributed by atoms with E-state index in [9.17, 15) is 4.79 Å². The molecule has 0 rings (SSSR count). The van der Waals surface area contributed by atoms with Crippen LogP contribution in [0.25, 0.3) is 0 Å². The molecule has 0 radical (unpaired) electrons. The largest absolute Gasteiger partial charge is 0.481 e. The molecule has 0 aromatic heterocycles. The molecule has 1 N–H and O–H groups in total. The van der Waals surface area contributed by atoms with Crippen LogP contribution in [0.2, 0.25) is 0 Å². The first kappa shape index (κ1) is 13.4. The van der Waals surface area contributed by atoms with E-state index in [2.05, 4.69) is 22.6 Å². The molecule has 0 fully saturated rings. The third-order valence-electron chi connectivity index (χ3n) is 1.62. The van der Waals surface area contributed by atoms with Gasteiger partial charge in [-0.25, -0.2) is 0 Å². The van der Waals surface area contributed by atoms with E-state index in [4.69, 9.17) is 5.11 Å². The predicted octanol–water partition coefficient (Wildman–Crippen LogP) is 3.55. The number of carbonyl (C=O) groups is 1. The van der Waals surface area contributed by atoms with Crippen LogP contribution < -0.4 is 0 Å². The molecule has 0 unspecified atom stereocenters. The Kier molecular flexibility index (Phi) is 7.47. The van der Waals surface area contributed by atoms with Crippen molar-refractivity contribution in [1.82, 2.24) is 0 Å². The zero-order valence-electron chi connectivity index (χ0n) is 8.40. The Morgan fingerprint density at radius 3 is 2.71 bits per heavy atom. The van der Waals surface area contributed by atoms with Crippen molar-refractivity contribution in [3.05, 3.63) is 34.0 Å². The average Bonchev–Trinajstić information content (AvgIpc) is 2.02. The average molecular weight is 306 g/mol. The molecule has 0 saturated heterocycles. The molecule has 1 atom stereocenters. The van der Waals surface area contributed by atoms with Crippen LogP contribution in [0.5, 0.6) is 0 Å². The Hall–Kier alpha value is -0.580. The quantitative estimate of drug-likeness (QED) is 0.623. The van der Waals surface area contributed by atoms with Crippen LogP contribution in [0.3, 0.4) is 0 Å². The molecule has 0 spiro atoms. The topological polar surface area (TPSA) is 37.3 Å². The van der Waals surface area contributed by atoms with Crippen molar-refractivity contribution < 1.29 is 9.90 Å². The van der Waals surface area contributed by atoms with E-state index in [1.807, 2.05) is 42.2 Å². The lowest BCUT2D eigenvalue weighted by molar-refractivity contribution is -0.137. The van der Waals surface area contributed by atoms with Gasteiger partial charge in [-0.3, -0.25) is 4.79 Å². The zero-order valence-corrected chi connectivity index (χ0v) is 10.6. The lowest BCUT2D eigenvalue weighted by Gasteiger charge is -1.99. The molecule has 2 nitrogen and oxygen atoms in total. The first-order valence-corrected chi connectivity index (χ1v) is 5.64. The summed E-state index contributed by atoms with van der Waals surface area (Å²) in [5, 5.41) is 8.52. The van der Waals surface area contributed by atoms with Crippen LogP contribution >= 0.6 is 22.6 Å². The van der Waals surface area contributed by atoms with E-state index in [-0.39, 0.29) is 12.3 Å². The van der Waals surface area contributed by atoms with Gasteiger partial charge in [0.25, 0.3) is 0 Å². The van der Waals surface area contributed by atoms with Gasteiger partial charge in [0.15, 0.2) is 0 Å². The van der Waals surface area contributed by atoms with Gasteiger partial charge >= 0.3 is 5.97 Å². The number of hydrogen-bond acceptors (Lipinski definition) is 1. The van der Waals surface area contributed by atoms with Gasteiger partial charge in [-0.15, -0.1) is 0 Å². The van der Waals surface area contributed by atoms with Crippen LogP contribution in [0.1, 0.15) is 20.3 Å². The van der Waals surface area contributed by atoms with Crippen molar-refractivity contribution in [2.75, 3.05) is 0 Å². The highest BCUT2D eigenvalue weighted by Gasteiger charge is 2.01. The van der Waals surface area contributed by atoms with Crippen molar-refractivity contribution >= 4 is 28.6 Å². The van der Waals surface area contributed by atoms with Gasteiger partial charge in [0, 0.05) is 0 Å². The van der Waals surface area contributed by atoms with Crippen LogP contribution in [0.4, 0.5) is 0 Å². The molecule has 0 bridgehead atoms. The summed E-state index contributed by atoms with van der Waals surface area (Å²) in [7, 11) is 0. The van der Waals surface area contributed by atoms with Crippen LogP contribution in [-0.2, 0) is 4.79 Å². The highest BCUT2D eigenvalue weighted by atomic mass is 127. The second-order valence-electron chi connectivity index (χ2n) is 3.16. The molecule has 3 heteroatoms. The van der Waals surface area contributed by atoms with Crippen molar-refractivity contribution in [2.24, 2.45) is 5.92 Å². The molecular weight excluding hydrogens is 291 g/mol. The van der Waals surface area contributed by atoms with Gasteiger partial charge in [0.2, 0.25) is 0 Å². The van der Waals surface area contributed by atoms with Crippen LogP contribution in [-0.4, -0.2) is 11.1 Å². The molecule has 0 aliphatic carbocycles. The van der Waals surface area contributed by atoms with Crippen molar-refractivity contribution in [3.63, 3.8) is 0 Å². The highest BCUT2D eigenvalue weighted by molar-refractivity contribution is 14.1. The van der Waals surface area contributed by atoms with Gasteiger partial charge in [-0.1, -0.05) is 59.4 Å². The summed E-state index contributed by atoms with van der Waals surface area (Å²) in [4.78, 5) is 10.3. The second-order valence-corrected chi connectivity index (χ2v) is 3.88. The number of rotatable bonds is 5. The minimum atomic E-state index is -0.755. The molecule has 0 aliphatic heterocycles. The smallest absolute Gasteiger partial charge is 0.303 e. The molecule has 78 valence electrons. The van der Waals surface area contributed by atoms with Gasteiger partial charge in [-0.05, 0) is 16.9 Å². The molecule has 0 aliphatic rings. The number of halogens is 1. The predicted molar refractivity (Wildman–Crippen MR) is 67.5 cm³/mol. The van der Waals surface area contributed by atoms with E-state index in [1.165, 1.54) is 0 Å². The highest BCUT2D eigenvalue weighted by Crippen LogP contribution is 2.05. The summed E-state index contributed by atoms with van der Waals surface area (Å²) >= 11 is 2.16. The second kappa shape index (κ2) is 7.79. The van der Waals surface area contributed by atoms with Crippen molar-refractivity contribution in [1.29, 1.82) is 0 Å². The minimum Gasteiger partial charge on any atom is -0.481 e.